The Labute approximate surface area is 128 Å². The molecule has 0 radical (unpaired) electrons. The predicted molar refractivity (Wildman–Crippen MR) is 84.5 cm³/mol. The number of nitrogen functional groups attached to an aromatic ring is 1. The van der Waals surface area contributed by atoms with Gasteiger partial charge < -0.3 is 10.6 Å². The quantitative estimate of drug-likeness (QED) is 0.796. The summed E-state index contributed by atoms with van der Waals surface area (Å²) >= 11 is 3.19. The van der Waals surface area contributed by atoms with Crippen LogP contribution in [0.1, 0.15) is 26.2 Å². The van der Waals surface area contributed by atoms with Crippen molar-refractivity contribution in [2.24, 2.45) is 0 Å². The van der Waals surface area contributed by atoms with Gasteiger partial charge in [-0.15, -0.1) is 0 Å². The first-order valence-corrected chi connectivity index (χ1v) is 8.11. The predicted octanol–water partition coefficient (Wildman–Crippen LogP) is 3.23. The normalized spacial score (nSPS) is 27.4. The largest absolute Gasteiger partial charge is 0.397 e. The highest BCUT2D eigenvalue weighted by atomic mass is 79.9. The van der Waals surface area contributed by atoms with E-state index in [9.17, 15) is 4.39 Å². The number of hydrogen-bond donors (Lipinski definition) is 1. The Morgan fingerprint density at radius 2 is 2.10 bits per heavy atom. The molecular formula is C15H21BrFN3. The zero-order chi connectivity index (χ0) is 14.3. The third-order valence-electron chi connectivity index (χ3n) is 4.57. The van der Waals surface area contributed by atoms with Gasteiger partial charge in [-0.3, -0.25) is 4.90 Å². The zero-order valence-corrected chi connectivity index (χ0v) is 13.4. The third-order valence-corrected chi connectivity index (χ3v) is 5.17. The van der Waals surface area contributed by atoms with Crippen LogP contribution in [-0.4, -0.2) is 36.6 Å². The number of fused-ring (bicyclic) bond motifs is 1. The number of piperidine rings is 1. The van der Waals surface area contributed by atoms with Crippen molar-refractivity contribution in [3.63, 3.8) is 0 Å². The van der Waals surface area contributed by atoms with Crippen molar-refractivity contribution < 1.29 is 4.39 Å². The summed E-state index contributed by atoms with van der Waals surface area (Å²) in [6.07, 6.45) is 3.84. The smallest absolute Gasteiger partial charge is 0.139 e. The number of anilines is 2. The van der Waals surface area contributed by atoms with Crippen molar-refractivity contribution in [2.75, 3.05) is 30.3 Å². The molecule has 0 aliphatic carbocycles. The van der Waals surface area contributed by atoms with Gasteiger partial charge in [-0.2, -0.15) is 0 Å². The van der Waals surface area contributed by atoms with Gasteiger partial charge in [-0.25, -0.2) is 4.39 Å². The number of halogens is 2. The van der Waals surface area contributed by atoms with Crippen LogP contribution in [-0.2, 0) is 0 Å². The fourth-order valence-corrected chi connectivity index (χ4v) is 3.85. The molecule has 0 saturated carbocycles. The van der Waals surface area contributed by atoms with E-state index in [4.69, 9.17) is 5.73 Å². The number of nitrogens with two attached hydrogens (primary N) is 1. The summed E-state index contributed by atoms with van der Waals surface area (Å²) in [6.45, 7) is 5.39. The zero-order valence-electron chi connectivity index (χ0n) is 11.8. The van der Waals surface area contributed by atoms with E-state index < -0.39 is 0 Å². The minimum Gasteiger partial charge on any atom is -0.397 e. The van der Waals surface area contributed by atoms with E-state index in [1.807, 2.05) is 0 Å². The lowest BCUT2D eigenvalue weighted by Crippen LogP contribution is -2.59. The topological polar surface area (TPSA) is 32.5 Å². The van der Waals surface area contributed by atoms with Gasteiger partial charge in [0.15, 0.2) is 0 Å². The van der Waals surface area contributed by atoms with Gasteiger partial charge in [0, 0.05) is 31.2 Å². The van der Waals surface area contributed by atoms with Gasteiger partial charge in [-0.1, -0.05) is 6.42 Å². The molecule has 2 atom stereocenters. The molecule has 110 valence electrons. The van der Waals surface area contributed by atoms with E-state index >= 15 is 0 Å². The number of hydrogen-bond acceptors (Lipinski definition) is 3. The molecule has 5 heteroatoms. The van der Waals surface area contributed by atoms with Crippen LogP contribution in [0.2, 0.25) is 0 Å². The molecule has 20 heavy (non-hydrogen) atoms. The van der Waals surface area contributed by atoms with E-state index in [2.05, 4.69) is 32.7 Å². The van der Waals surface area contributed by atoms with Crippen LogP contribution in [0.4, 0.5) is 15.8 Å². The molecule has 0 amide bonds. The summed E-state index contributed by atoms with van der Waals surface area (Å²) in [6, 6.07) is 4.19. The molecular weight excluding hydrogens is 321 g/mol. The van der Waals surface area contributed by atoms with Gasteiger partial charge in [-0.05, 0) is 48.3 Å². The van der Waals surface area contributed by atoms with Crippen LogP contribution >= 0.6 is 15.9 Å². The Kier molecular flexibility index (Phi) is 3.91. The SMILES string of the molecule is CC1CN2CCCCC2CN1c1cc(F)c(Br)cc1N. The molecule has 2 saturated heterocycles. The fraction of sp³-hybridized carbons (Fsp3) is 0.600. The van der Waals surface area contributed by atoms with E-state index in [0.717, 1.165) is 18.8 Å². The number of piperazine rings is 1. The Morgan fingerprint density at radius 1 is 1.30 bits per heavy atom. The Bertz CT molecular complexity index is 508. The highest BCUT2D eigenvalue weighted by molar-refractivity contribution is 9.10. The van der Waals surface area contributed by atoms with Gasteiger partial charge in [0.25, 0.3) is 0 Å². The summed E-state index contributed by atoms with van der Waals surface area (Å²) in [5.74, 6) is -0.243. The summed E-state index contributed by atoms with van der Waals surface area (Å²) in [4.78, 5) is 4.85. The van der Waals surface area contributed by atoms with Crippen LogP contribution in [0.25, 0.3) is 0 Å². The number of benzene rings is 1. The highest BCUT2D eigenvalue weighted by Gasteiger charge is 2.33. The molecule has 1 aromatic carbocycles. The average molecular weight is 342 g/mol. The molecule has 3 rings (SSSR count). The minimum atomic E-state index is -0.243. The van der Waals surface area contributed by atoms with Crippen molar-refractivity contribution in [1.82, 2.24) is 4.90 Å². The highest BCUT2D eigenvalue weighted by Crippen LogP contribution is 2.34. The first-order chi connectivity index (χ1) is 9.56. The molecule has 3 nitrogen and oxygen atoms in total. The molecule has 2 N–H and O–H groups in total. The van der Waals surface area contributed by atoms with Crippen molar-refractivity contribution in [2.45, 2.75) is 38.3 Å². The second kappa shape index (κ2) is 5.53. The monoisotopic (exact) mass is 341 g/mol. The van der Waals surface area contributed by atoms with Crippen LogP contribution in [0.15, 0.2) is 16.6 Å². The second-order valence-electron chi connectivity index (χ2n) is 5.97. The lowest BCUT2D eigenvalue weighted by Gasteiger charge is -2.48. The first kappa shape index (κ1) is 14.1. The molecule has 1 aromatic rings. The lowest BCUT2D eigenvalue weighted by atomic mass is 9.96. The van der Waals surface area contributed by atoms with Gasteiger partial charge in [0.05, 0.1) is 15.8 Å². The summed E-state index contributed by atoms with van der Waals surface area (Å²) in [7, 11) is 0. The molecule has 0 bridgehead atoms. The van der Waals surface area contributed by atoms with Crippen molar-refractivity contribution in [3.05, 3.63) is 22.4 Å². The van der Waals surface area contributed by atoms with E-state index in [-0.39, 0.29) is 5.82 Å². The molecule has 2 unspecified atom stereocenters. The Hall–Kier alpha value is -0.810. The number of nitrogens with zero attached hydrogens (tertiary/aromatic N) is 2. The minimum absolute atomic E-state index is 0.243. The molecule has 0 spiro atoms. The Balaban J connectivity index is 1.88. The van der Waals surface area contributed by atoms with Gasteiger partial charge in [0.1, 0.15) is 5.82 Å². The van der Waals surface area contributed by atoms with Crippen LogP contribution in [0.5, 0.6) is 0 Å². The summed E-state index contributed by atoms with van der Waals surface area (Å²) in [5.41, 5.74) is 7.58. The van der Waals surface area contributed by atoms with Crippen molar-refractivity contribution in [3.8, 4) is 0 Å². The second-order valence-corrected chi connectivity index (χ2v) is 6.83. The number of rotatable bonds is 1. The lowest BCUT2D eigenvalue weighted by molar-refractivity contribution is 0.115. The molecule has 2 aliphatic rings. The van der Waals surface area contributed by atoms with Gasteiger partial charge >= 0.3 is 0 Å². The van der Waals surface area contributed by atoms with Gasteiger partial charge in [0.2, 0.25) is 0 Å². The summed E-state index contributed by atoms with van der Waals surface area (Å²) < 4.78 is 14.3. The summed E-state index contributed by atoms with van der Waals surface area (Å²) in [5, 5.41) is 0. The molecule has 2 aliphatic heterocycles. The maximum Gasteiger partial charge on any atom is 0.139 e. The molecule has 2 heterocycles. The fourth-order valence-electron chi connectivity index (χ4n) is 3.49. The van der Waals surface area contributed by atoms with Crippen LogP contribution < -0.4 is 10.6 Å². The molecule has 0 aromatic heterocycles. The first-order valence-electron chi connectivity index (χ1n) is 7.31. The maximum atomic E-state index is 13.8. The van der Waals surface area contributed by atoms with Crippen LogP contribution in [0, 0.1) is 5.82 Å². The van der Waals surface area contributed by atoms with E-state index in [1.165, 1.54) is 25.8 Å². The van der Waals surface area contributed by atoms with Crippen LogP contribution in [0.3, 0.4) is 0 Å². The average Bonchev–Trinajstić information content (AvgIpc) is 2.42. The van der Waals surface area contributed by atoms with Crippen molar-refractivity contribution in [1.29, 1.82) is 0 Å². The van der Waals surface area contributed by atoms with Crippen molar-refractivity contribution >= 4 is 27.3 Å². The third kappa shape index (κ3) is 2.53. The maximum absolute atomic E-state index is 13.8. The Morgan fingerprint density at radius 3 is 2.90 bits per heavy atom. The molecule has 2 fully saturated rings. The standard InChI is InChI=1S/C15H21BrFN3/c1-10-8-19-5-3-2-4-11(19)9-20(10)15-7-13(17)12(16)6-14(15)18/h6-7,10-11H,2-5,8-9,18H2,1H3. The van der Waals surface area contributed by atoms with E-state index in [0.29, 0.717) is 22.2 Å². The van der Waals surface area contributed by atoms with E-state index in [1.54, 1.807) is 12.1 Å².